The third-order valence-corrected chi connectivity index (χ3v) is 7.91. The zero-order valence-electron chi connectivity index (χ0n) is 14.6. The van der Waals surface area contributed by atoms with Crippen LogP contribution >= 0.6 is 0 Å². The Kier molecular flexibility index (Phi) is 3.39. The van der Waals surface area contributed by atoms with Crippen molar-refractivity contribution >= 4 is 0 Å². The lowest BCUT2D eigenvalue weighted by molar-refractivity contribution is -0.0142. The molecule has 122 valence electrons. The Balaban J connectivity index is 1.63. The molecule has 22 heavy (non-hydrogen) atoms. The van der Waals surface area contributed by atoms with Crippen molar-refractivity contribution in [1.82, 2.24) is 0 Å². The van der Waals surface area contributed by atoms with Crippen LogP contribution in [0.25, 0.3) is 0 Å². The molecule has 3 fully saturated rings. The molecule has 4 aliphatic carbocycles. The molecule has 0 bridgehead atoms. The van der Waals surface area contributed by atoms with Gasteiger partial charge in [0.2, 0.25) is 0 Å². The van der Waals surface area contributed by atoms with Gasteiger partial charge in [-0.3, -0.25) is 0 Å². The highest BCUT2D eigenvalue weighted by atomic mass is 16.3. The Bertz CT molecular complexity index is 526. The number of hydrogen-bond acceptors (Lipinski definition) is 1. The lowest BCUT2D eigenvalue weighted by atomic mass is 9.52. The molecule has 0 aromatic carbocycles. The summed E-state index contributed by atoms with van der Waals surface area (Å²) in [6, 6.07) is 0. The zero-order valence-corrected chi connectivity index (χ0v) is 14.6. The zero-order chi connectivity index (χ0) is 15.5. The molecule has 0 aromatic rings. The van der Waals surface area contributed by atoms with Crippen LogP contribution in [0.2, 0.25) is 0 Å². The van der Waals surface area contributed by atoms with Crippen molar-refractivity contribution in [3.05, 3.63) is 23.3 Å². The van der Waals surface area contributed by atoms with Crippen molar-refractivity contribution in [2.24, 2.45) is 29.1 Å². The van der Waals surface area contributed by atoms with Crippen LogP contribution in [0.1, 0.15) is 72.1 Å². The first kappa shape index (κ1) is 15.0. The molecule has 4 rings (SSSR count). The molecule has 1 heteroatoms. The largest absolute Gasteiger partial charge is 0.390 e. The Hall–Kier alpha value is -0.560. The van der Waals surface area contributed by atoms with Crippen LogP contribution in [0.4, 0.5) is 0 Å². The first-order valence-electron chi connectivity index (χ1n) is 9.51. The van der Waals surface area contributed by atoms with E-state index in [1.165, 1.54) is 38.5 Å². The van der Waals surface area contributed by atoms with E-state index < -0.39 is 5.60 Å². The third-order valence-electron chi connectivity index (χ3n) is 7.91. The molecule has 1 N–H and O–H groups in total. The fraction of sp³-hybridized carbons (Fsp3) is 0.810. The highest BCUT2D eigenvalue weighted by Crippen LogP contribution is 2.63. The molecule has 0 aliphatic heterocycles. The number of allylic oxidation sites excluding steroid dienone is 3. The highest BCUT2D eigenvalue weighted by Gasteiger charge is 2.54. The maximum atomic E-state index is 10.4. The van der Waals surface area contributed by atoms with E-state index >= 15 is 0 Å². The lowest BCUT2D eigenvalue weighted by Gasteiger charge is -2.53. The van der Waals surface area contributed by atoms with Crippen LogP contribution in [0.5, 0.6) is 0 Å². The van der Waals surface area contributed by atoms with Gasteiger partial charge in [0.25, 0.3) is 0 Å². The van der Waals surface area contributed by atoms with Gasteiger partial charge in [0, 0.05) is 0 Å². The molecule has 6 atom stereocenters. The molecule has 0 saturated heterocycles. The first-order chi connectivity index (χ1) is 10.4. The maximum Gasteiger partial charge on any atom is 0.0657 e. The van der Waals surface area contributed by atoms with Gasteiger partial charge in [0.1, 0.15) is 0 Å². The minimum absolute atomic E-state index is 0.441. The second-order valence-corrected chi connectivity index (χ2v) is 9.08. The summed E-state index contributed by atoms with van der Waals surface area (Å²) in [6.07, 6.45) is 15.0. The van der Waals surface area contributed by atoms with Crippen molar-refractivity contribution in [3.8, 4) is 0 Å². The summed E-state index contributed by atoms with van der Waals surface area (Å²) >= 11 is 0. The SMILES string of the molecule is C/C=C1/CC[C@H]2[C@@H]3CC=C4C[C@@](C)(O)CC[C@@H]4[C@H]3CC[C@]12C. The molecule has 0 spiro atoms. The van der Waals surface area contributed by atoms with Gasteiger partial charge in [-0.15, -0.1) is 0 Å². The Morgan fingerprint density at radius 2 is 1.95 bits per heavy atom. The fourth-order valence-corrected chi connectivity index (χ4v) is 6.79. The van der Waals surface area contributed by atoms with Crippen LogP contribution in [-0.2, 0) is 0 Å². The molecular weight excluding hydrogens is 268 g/mol. The Morgan fingerprint density at radius 1 is 1.14 bits per heavy atom. The molecule has 0 amide bonds. The van der Waals surface area contributed by atoms with E-state index in [4.69, 9.17) is 0 Å². The summed E-state index contributed by atoms with van der Waals surface area (Å²) in [5.74, 6) is 3.52. The van der Waals surface area contributed by atoms with Crippen molar-refractivity contribution in [1.29, 1.82) is 0 Å². The van der Waals surface area contributed by atoms with E-state index in [-0.39, 0.29) is 0 Å². The predicted octanol–water partition coefficient (Wildman–Crippen LogP) is 5.26. The molecular formula is C21H32O. The average Bonchev–Trinajstić information content (AvgIpc) is 2.82. The van der Waals surface area contributed by atoms with Crippen molar-refractivity contribution < 1.29 is 5.11 Å². The number of rotatable bonds is 0. The Morgan fingerprint density at radius 3 is 2.73 bits per heavy atom. The average molecular weight is 300 g/mol. The summed E-state index contributed by atoms with van der Waals surface area (Å²) in [5, 5.41) is 10.4. The normalized spacial score (nSPS) is 52.7. The van der Waals surface area contributed by atoms with E-state index in [0.717, 1.165) is 36.5 Å². The quantitative estimate of drug-likeness (QED) is 0.605. The van der Waals surface area contributed by atoms with Gasteiger partial charge in [-0.1, -0.05) is 30.2 Å². The standard InChI is InChI=1S/C21H32O/c1-4-15-6-8-19-18-7-5-14-13-20(2,22)11-9-16(14)17(18)10-12-21(15,19)3/h4-5,16-19,22H,6-13H2,1-3H3/b15-4-/t16-,17+,18+,19-,20-,21+/m0/s1. The molecule has 4 aliphatic rings. The van der Waals surface area contributed by atoms with Crippen LogP contribution < -0.4 is 0 Å². The van der Waals surface area contributed by atoms with E-state index in [1.54, 1.807) is 11.1 Å². The topological polar surface area (TPSA) is 20.2 Å². The number of hydrogen-bond donors (Lipinski definition) is 1. The molecule has 0 heterocycles. The second kappa shape index (κ2) is 4.97. The van der Waals surface area contributed by atoms with Gasteiger partial charge in [0.05, 0.1) is 5.60 Å². The van der Waals surface area contributed by atoms with Gasteiger partial charge >= 0.3 is 0 Å². The first-order valence-corrected chi connectivity index (χ1v) is 9.51. The van der Waals surface area contributed by atoms with E-state index in [0.29, 0.717) is 5.41 Å². The second-order valence-electron chi connectivity index (χ2n) is 9.08. The smallest absolute Gasteiger partial charge is 0.0657 e. The molecule has 3 saturated carbocycles. The number of aliphatic hydroxyl groups is 1. The Labute approximate surface area is 135 Å². The van der Waals surface area contributed by atoms with Gasteiger partial charge in [-0.2, -0.15) is 0 Å². The van der Waals surface area contributed by atoms with E-state index in [9.17, 15) is 5.11 Å². The fourth-order valence-electron chi connectivity index (χ4n) is 6.79. The highest BCUT2D eigenvalue weighted by molar-refractivity contribution is 5.26. The molecule has 0 unspecified atom stereocenters. The summed E-state index contributed by atoms with van der Waals surface area (Å²) < 4.78 is 0. The maximum absolute atomic E-state index is 10.4. The van der Waals surface area contributed by atoms with Gasteiger partial charge < -0.3 is 5.11 Å². The van der Waals surface area contributed by atoms with E-state index in [2.05, 4.69) is 26.0 Å². The minimum atomic E-state index is -0.441. The van der Waals surface area contributed by atoms with Crippen LogP contribution in [0.15, 0.2) is 23.3 Å². The summed E-state index contributed by atoms with van der Waals surface area (Å²) in [4.78, 5) is 0. The van der Waals surface area contributed by atoms with Crippen molar-refractivity contribution in [3.63, 3.8) is 0 Å². The van der Waals surface area contributed by atoms with Crippen molar-refractivity contribution in [2.45, 2.75) is 77.7 Å². The summed E-state index contributed by atoms with van der Waals surface area (Å²) in [7, 11) is 0. The molecule has 0 aromatic heterocycles. The minimum Gasteiger partial charge on any atom is -0.390 e. The predicted molar refractivity (Wildman–Crippen MR) is 91.5 cm³/mol. The van der Waals surface area contributed by atoms with Crippen molar-refractivity contribution in [2.75, 3.05) is 0 Å². The van der Waals surface area contributed by atoms with Gasteiger partial charge in [-0.25, -0.2) is 0 Å². The van der Waals surface area contributed by atoms with Gasteiger partial charge in [-0.05, 0) is 94.3 Å². The lowest BCUT2D eigenvalue weighted by Crippen LogP contribution is -2.46. The van der Waals surface area contributed by atoms with E-state index in [1.807, 2.05) is 6.92 Å². The third kappa shape index (κ3) is 2.08. The monoisotopic (exact) mass is 300 g/mol. The summed E-state index contributed by atoms with van der Waals surface area (Å²) in [6.45, 7) is 6.83. The van der Waals surface area contributed by atoms with Crippen LogP contribution in [0.3, 0.4) is 0 Å². The van der Waals surface area contributed by atoms with Crippen LogP contribution in [0, 0.1) is 29.1 Å². The summed E-state index contributed by atoms with van der Waals surface area (Å²) in [5.41, 5.74) is 3.41. The molecule has 1 nitrogen and oxygen atoms in total. The van der Waals surface area contributed by atoms with Crippen LogP contribution in [-0.4, -0.2) is 10.7 Å². The number of fused-ring (bicyclic) bond motifs is 5. The van der Waals surface area contributed by atoms with Gasteiger partial charge in [0.15, 0.2) is 0 Å². The molecule has 0 radical (unpaired) electrons.